The van der Waals surface area contributed by atoms with Crippen LogP contribution in [0, 0.1) is 25.2 Å². The zero-order chi connectivity index (χ0) is 15.4. The molecule has 5 heteroatoms. The summed E-state index contributed by atoms with van der Waals surface area (Å²) >= 11 is 0. The lowest BCUT2D eigenvalue weighted by Crippen LogP contribution is -2.00. The average Bonchev–Trinajstić information content (AvgIpc) is 2.40. The number of pyridine rings is 1. The number of aliphatic carboxylic acids is 1. The van der Waals surface area contributed by atoms with Gasteiger partial charge in [0.25, 0.3) is 0 Å². The summed E-state index contributed by atoms with van der Waals surface area (Å²) in [6.45, 7) is 3.66. The van der Waals surface area contributed by atoms with Gasteiger partial charge in [0.2, 0.25) is 5.88 Å². The highest BCUT2D eigenvalue weighted by Crippen LogP contribution is 2.26. The molecule has 1 heterocycles. The molecule has 0 fully saturated rings. The molecule has 2 aromatic rings. The Bertz CT molecular complexity index is 716. The van der Waals surface area contributed by atoms with Crippen LogP contribution in [-0.2, 0) is 11.2 Å². The van der Waals surface area contributed by atoms with E-state index in [4.69, 9.17) is 9.84 Å². The third-order valence-corrected chi connectivity index (χ3v) is 2.92. The van der Waals surface area contributed by atoms with Crippen LogP contribution in [0.15, 0.2) is 30.3 Å². The van der Waals surface area contributed by atoms with Crippen molar-refractivity contribution in [3.63, 3.8) is 0 Å². The first-order valence-electron chi connectivity index (χ1n) is 6.36. The van der Waals surface area contributed by atoms with Gasteiger partial charge in [-0.3, -0.25) is 4.79 Å². The Morgan fingerprint density at radius 1 is 1.33 bits per heavy atom. The third-order valence-electron chi connectivity index (χ3n) is 2.92. The van der Waals surface area contributed by atoms with Gasteiger partial charge >= 0.3 is 5.97 Å². The smallest absolute Gasteiger partial charge is 0.307 e. The van der Waals surface area contributed by atoms with Crippen molar-refractivity contribution in [2.75, 3.05) is 0 Å². The van der Waals surface area contributed by atoms with Crippen LogP contribution in [0.2, 0.25) is 0 Å². The fraction of sp³-hybridized carbons (Fsp3) is 0.188. The first-order chi connectivity index (χ1) is 9.99. The number of nitriles is 1. The molecule has 0 unspecified atom stereocenters. The fourth-order valence-electron chi connectivity index (χ4n) is 1.97. The van der Waals surface area contributed by atoms with E-state index in [9.17, 15) is 10.1 Å². The van der Waals surface area contributed by atoms with E-state index in [2.05, 4.69) is 11.1 Å². The molecular formula is C16H14N2O3. The van der Waals surface area contributed by atoms with Crippen LogP contribution in [-0.4, -0.2) is 16.1 Å². The second-order valence-corrected chi connectivity index (χ2v) is 4.69. The number of aromatic nitrogens is 1. The van der Waals surface area contributed by atoms with Crippen molar-refractivity contribution < 1.29 is 14.6 Å². The maximum Gasteiger partial charge on any atom is 0.307 e. The molecule has 0 bridgehead atoms. The SMILES string of the molecule is Cc1cc(C)c(C#N)c(Oc2ccc(CC(=O)O)cc2)n1. The van der Waals surface area contributed by atoms with Gasteiger partial charge in [-0.05, 0) is 43.2 Å². The second kappa shape index (κ2) is 6.06. The topological polar surface area (TPSA) is 83.2 Å². The van der Waals surface area contributed by atoms with Gasteiger partial charge in [-0.15, -0.1) is 0 Å². The van der Waals surface area contributed by atoms with Crippen molar-refractivity contribution in [2.24, 2.45) is 0 Å². The lowest BCUT2D eigenvalue weighted by atomic mass is 10.1. The summed E-state index contributed by atoms with van der Waals surface area (Å²) in [5, 5.41) is 17.9. The lowest BCUT2D eigenvalue weighted by molar-refractivity contribution is -0.136. The first-order valence-corrected chi connectivity index (χ1v) is 6.36. The minimum atomic E-state index is -0.883. The van der Waals surface area contributed by atoms with Crippen molar-refractivity contribution in [3.8, 4) is 17.7 Å². The van der Waals surface area contributed by atoms with Crippen molar-refractivity contribution in [1.82, 2.24) is 4.98 Å². The molecule has 21 heavy (non-hydrogen) atoms. The summed E-state index contributed by atoms with van der Waals surface area (Å²) in [6.07, 6.45) is -0.0362. The number of carbonyl (C=O) groups is 1. The van der Waals surface area contributed by atoms with E-state index < -0.39 is 5.97 Å². The molecule has 1 N–H and O–H groups in total. The minimum absolute atomic E-state index is 0.0362. The van der Waals surface area contributed by atoms with Crippen molar-refractivity contribution in [1.29, 1.82) is 5.26 Å². The largest absolute Gasteiger partial charge is 0.481 e. The number of carboxylic acids is 1. The molecule has 0 aliphatic carbocycles. The molecule has 0 amide bonds. The summed E-state index contributed by atoms with van der Waals surface area (Å²) in [4.78, 5) is 14.9. The van der Waals surface area contributed by atoms with Crippen LogP contribution in [0.3, 0.4) is 0 Å². The first kappa shape index (κ1) is 14.5. The van der Waals surface area contributed by atoms with Crippen LogP contribution < -0.4 is 4.74 Å². The molecule has 1 aromatic carbocycles. The molecule has 0 radical (unpaired) electrons. The van der Waals surface area contributed by atoms with Gasteiger partial charge in [0.15, 0.2) is 0 Å². The molecule has 5 nitrogen and oxygen atoms in total. The molecule has 0 atom stereocenters. The van der Waals surface area contributed by atoms with E-state index in [-0.39, 0.29) is 12.3 Å². The van der Waals surface area contributed by atoms with Gasteiger partial charge in [-0.2, -0.15) is 5.26 Å². The van der Waals surface area contributed by atoms with Crippen LogP contribution in [0.1, 0.15) is 22.4 Å². The number of carboxylic acid groups (broad SMARTS) is 1. The van der Waals surface area contributed by atoms with Crippen molar-refractivity contribution >= 4 is 5.97 Å². The Hall–Kier alpha value is -2.87. The van der Waals surface area contributed by atoms with Crippen molar-refractivity contribution in [2.45, 2.75) is 20.3 Å². The number of hydrogen-bond donors (Lipinski definition) is 1. The highest BCUT2D eigenvalue weighted by molar-refractivity contribution is 5.70. The zero-order valence-electron chi connectivity index (χ0n) is 11.8. The number of nitrogens with zero attached hydrogens (tertiary/aromatic N) is 2. The Kier molecular flexibility index (Phi) is 4.19. The summed E-state index contributed by atoms with van der Waals surface area (Å²) in [5.74, 6) is -0.106. The summed E-state index contributed by atoms with van der Waals surface area (Å²) in [6, 6.07) is 10.6. The van der Waals surface area contributed by atoms with Gasteiger partial charge < -0.3 is 9.84 Å². The highest BCUT2D eigenvalue weighted by atomic mass is 16.5. The third kappa shape index (κ3) is 3.57. The summed E-state index contributed by atoms with van der Waals surface area (Å²) in [5.41, 5.74) is 2.66. The van der Waals surface area contributed by atoms with E-state index in [1.165, 1.54) is 0 Å². The Morgan fingerprint density at radius 3 is 2.57 bits per heavy atom. The van der Waals surface area contributed by atoms with E-state index in [0.29, 0.717) is 16.9 Å². The maximum absolute atomic E-state index is 10.6. The van der Waals surface area contributed by atoms with Crippen LogP contribution >= 0.6 is 0 Å². The standard InChI is InChI=1S/C16H14N2O3/c1-10-7-11(2)18-16(14(10)9-17)21-13-5-3-12(4-6-13)8-15(19)20/h3-7H,8H2,1-2H3,(H,19,20). The molecule has 106 valence electrons. The molecule has 0 saturated heterocycles. The minimum Gasteiger partial charge on any atom is -0.481 e. The number of ether oxygens (including phenoxy) is 1. The quantitative estimate of drug-likeness (QED) is 0.932. The van der Waals surface area contributed by atoms with E-state index in [0.717, 1.165) is 11.3 Å². The predicted octanol–water partition coefficient (Wildman–Crippen LogP) is 2.99. The molecule has 2 rings (SSSR count). The second-order valence-electron chi connectivity index (χ2n) is 4.69. The van der Waals surface area contributed by atoms with Crippen LogP contribution in [0.25, 0.3) is 0 Å². The molecule has 0 saturated carbocycles. The van der Waals surface area contributed by atoms with Gasteiger partial charge in [0.1, 0.15) is 17.4 Å². The fourth-order valence-corrected chi connectivity index (χ4v) is 1.97. The normalized spacial score (nSPS) is 9.95. The van der Waals surface area contributed by atoms with Crippen LogP contribution in [0.5, 0.6) is 11.6 Å². The van der Waals surface area contributed by atoms with Gasteiger partial charge in [0.05, 0.1) is 6.42 Å². The van der Waals surface area contributed by atoms with E-state index in [1.54, 1.807) is 24.3 Å². The van der Waals surface area contributed by atoms with Crippen LogP contribution in [0.4, 0.5) is 0 Å². The van der Waals surface area contributed by atoms with E-state index >= 15 is 0 Å². The molecular weight excluding hydrogens is 268 g/mol. The van der Waals surface area contributed by atoms with Gasteiger partial charge in [-0.1, -0.05) is 12.1 Å². The summed E-state index contributed by atoms with van der Waals surface area (Å²) in [7, 11) is 0. The maximum atomic E-state index is 10.6. The monoisotopic (exact) mass is 282 g/mol. The molecule has 0 aliphatic heterocycles. The highest BCUT2D eigenvalue weighted by Gasteiger charge is 2.11. The zero-order valence-corrected chi connectivity index (χ0v) is 11.8. The van der Waals surface area contributed by atoms with Crippen molar-refractivity contribution in [3.05, 3.63) is 52.7 Å². The van der Waals surface area contributed by atoms with Gasteiger partial charge in [0, 0.05) is 5.69 Å². The lowest BCUT2D eigenvalue weighted by Gasteiger charge is -2.09. The molecule has 0 aliphatic rings. The Labute approximate surface area is 122 Å². The summed E-state index contributed by atoms with van der Waals surface area (Å²) < 4.78 is 5.64. The Balaban J connectivity index is 2.26. The molecule has 0 spiro atoms. The predicted molar refractivity (Wildman–Crippen MR) is 76.3 cm³/mol. The number of aryl methyl sites for hydroxylation is 2. The Morgan fingerprint density at radius 2 is 2.00 bits per heavy atom. The number of rotatable bonds is 4. The number of benzene rings is 1. The van der Waals surface area contributed by atoms with Gasteiger partial charge in [-0.25, -0.2) is 4.98 Å². The number of hydrogen-bond acceptors (Lipinski definition) is 4. The average molecular weight is 282 g/mol. The molecule has 1 aromatic heterocycles. The van der Waals surface area contributed by atoms with E-state index in [1.807, 2.05) is 19.9 Å².